The minimum absolute atomic E-state index is 0.211. The summed E-state index contributed by atoms with van der Waals surface area (Å²) in [4.78, 5) is 0.211. The normalized spacial score (nSPS) is 18.4. The van der Waals surface area contributed by atoms with Gasteiger partial charge in [-0.05, 0) is 76.3 Å². The largest absolute Gasteiger partial charge is 0.495 e. The van der Waals surface area contributed by atoms with Crippen molar-refractivity contribution in [2.45, 2.75) is 56.6 Å². The van der Waals surface area contributed by atoms with Crippen LogP contribution in [0.4, 0.5) is 0 Å². The molecule has 5 nitrogen and oxygen atoms in total. The fraction of sp³-hybridized carbons (Fsp3) is 0.429. The van der Waals surface area contributed by atoms with Crippen molar-refractivity contribution in [3.63, 3.8) is 0 Å². The van der Waals surface area contributed by atoms with E-state index in [2.05, 4.69) is 16.9 Å². The highest BCUT2D eigenvalue weighted by Gasteiger charge is 2.52. The molecule has 1 aliphatic rings. The first-order valence-corrected chi connectivity index (χ1v) is 11.0. The molecule has 0 bridgehead atoms. The average Bonchev–Trinajstić information content (AvgIpc) is 2.88. The van der Waals surface area contributed by atoms with Gasteiger partial charge in [-0.3, -0.25) is 0 Å². The van der Waals surface area contributed by atoms with Gasteiger partial charge in [0.2, 0.25) is 10.0 Å². The van der Waals surface area contributed by atoms with Crippen LogP contribution in [0.3, 0.4) is 0 Å². The van der Waals surface area contributed by atoms with Crippen molar-refractivity contribution in [2.75, 3.05) is 7.05 Å². The predicted molar refractivity (Wildman–Crippen MR) is 112 cm³/mol. The molecule has 28 heavy (non-hydrogen) atoms. The van der Waals surface area contributed by atoms with Gasteiger partial charge in [-0.25, -0.2) is 13.1 Å². The van der Waals surface area contributed by atoms with Crippen molar-refractivity contribution < 1.29 is 17.7 Å². The average molecular weight is 401 g/mol. The summed E-state index contributed by atoms with van der Waals surface area (Å²) in [7, 11) is -2.75. The zero-order valence-electron chi connectivity index (χ0n) is 17.2. The molecule has 150 valence electrons. The van der Waals surface area contributed by atoms with Crippen molar-refractivity contribution in [1.29, 1.82) is 0 Å². The minimum Gasteiger partial charge on any atom is -0.399 e. The number of sulfonamides is 1. The number of nitrogens with one attached hydrogen (secondary N) is 1. The Morgan fingerprint density at radius 3 is 2.11 bits per heavy atom. The van der Waals surface area contributed by atoms with E-state index in [0.717, 1.165) is 23.9 Å². The molecule has 1 aliphatic heterocycles. The van der Waals surface area contributed by atoms with Crippen LogP contribution in [0.1, 0.15) is 38.8 Å². The predicted octanol–water partition coefficient (Wildman–Crippen LogP) is 2.68. The van der Waals surface area contributed by atoms with Crippen LogP contribution in [0, 0.1) is 0 Å². The van der Waals surface area contributed by atoms with E-state index in [1.54, 1.807) is 12.1 Å². The van der Waals surface area contributed by atoms with Crippen LogP contribution in [0.15, 0.2) is 53.4 Å². The van der Waals surface area contributed by atoms with Crippen molar-refractivity contribution in [1.82, 2.24) is 4.72 Å². The Morgan fingerprint density at radius 1 is 0.929 bits per heavy atom. The number of aryl methyl sites for hydroxylation is 2. The van der Waals surface area contributed by atoms with Crippen LogP contribution in [0.25, 0.3) is 0 Å². The highest BCUT2D eigenvalue weighted by molar-refractivity contribution is 7.89. The SMILES string of the molecule is CNS(=O)(=O)c1ccc(CCc2ccccc2)c(B2OC(C)(C)C(C)(C)O2)c1. The van der Waals surface area contributed by atoms with Crippen LogP contribution < -0.4 is 10.2 Å². The molecule has 1 saturated heterocycles. The number of hydrogen-bond donors (Lipinski definition) is 1. The van der Waals surface area contributed by atoms with E-state index in [0.29, 0.717) is 0 Å². The van der Waals surface area contributed by atoms with E-state index < -0.39 is 28.3 Å². The molecule has 1 fully saturated rings. The summed E-state index contributed by atoms with van der Waals surface area (Å²) in [6, 6.07) is 15.4. The fourth-order valence-corrected chi connectivity index (χ4v) is 3.96. The topological polar surface area (TPSA) is 64.6 Å². The van der Waals surface area contributed by atoms with E-state index in [9.17, 15) is 8.42 Å². The summed E-state index contributed by atoms with van der Waals surface area (Å²) in [5.74, 6) is 0. The Hall–Kier alpha value is -1.67. The molecule has 0 aliphatic carbocycles. The molecule has 0 aromatic heterocycles. The van der Waals surface area contributed by atoms with E-state index in [1.165, 1.54) is 12.6 Å². The second-order valence-electron chi connectivity index (χ2n) is 8.14. The molecule has 0 atom stereocenters. The van der Waals surface area contributed by atoms with Gasteiger partial charge in [-0.2, -0.15) is 0 Å². The lowest BCUT2D eigenvalue weighted by atomic mass is 9.75. The Bertz CT molecular complexity index is 926. The van der Waals surface area contributed by atoms with Crippen molar-refractivity contribution >= 4 is 22.6 Å². The molecule has 0 saturated carbocycles. The summed E-state index contributed by atoms with van der Waals surface area (Å²) < 4.78 is 39.4. The molecule has 1 heterocycles. The van der Waals surface area contributed by atoms with Gasteiger partial charge in [-0.15, -0.1) is 0 Å². The van der Waals surface area contributed by atoms with E-state index in [4.69, 9.17) is 9.31 Å². The fourth-order valence-electron chi connectivity index (χ4n) is 3.20. The maximum absolute atomic E-state index is 12.3. The highest BCUT2D eigenvalue weighted by atomic mass is 32.2. The molecule has 3 rings (SSSR count). The van der Waals surface area contributed by atoms with Crippen molar-refractivity contribution in [2.24, 2.45) is 0 Å². The molecular formula is C21H28BNO4S. The summed E-state index contributed by atoms with van der Waals surface area (Å²) in [5.41, 5.74) is 2.04. The summed E-state index contributed by atoms with van der Waals surface area (Å²) >= 11 is 0. The lowest BCUT2D eigenvalue weighted by Crippen LogP contribution is -2.41. The summed E-state index contributed by atoms with van der Waals surface area (Å²) in [6.07, 6.45) is 1.62. The minimum atomic E-state index is -3.55. The molecule has 2 aromatic carbocycles. The molecule has 1 N–H and O–H groups in total. The van der Waals surface area contributed by atoms with Gasteiger partial charge in [0.05, 0.1) is 16.1 Å². The van der Waals surface area contributed by atoms with Crippen LogP contribution in [-0.4, -0.2) is 33.8 Å². The van der Waals surface area contributed by atoms with Gasteiger partial charge >= 0.3 is 7.12 Å². The highest BCUT2D eigenvalue weighted by Crippen LogP contribution is 2.37. The molecule has 0 amide bonds. The van der Waals surface area contributed by atoms with Gasteiger partial charge in [0, 0.05) is 0 Å². The first-order valence-electron chi connectivity index (χ1n) is 9.52. The van der Waals surface area contributed by atoms with E-state index in [1.807, 2.05) is 52.0 Å². The Morgan fingerprint density at radius 2 is 1.54 bits per heavy atom. The number of benzene rings is 2. The van der Waals surface area contributed by atoms with Gasteiger partial charge in [0.15, 0.2) is 0 Å². The van der Waals surface area contributed by atoms with Crippen LogP contribution in [-0.2, 0) is 32.2 Å². The molecule has 0 unspecified atom stereocenters. The summed E-state index contributed by atoms with van der Waals surface area (Å²) in [5, 5.41) is 0. The number of hydrogen-bond acceptors (Lipinski definition) is 4. The third-order valence-electron chi connectivity index (χ3n) is 5.73. The quantitative estimate of drug-likeness (QED) is 0.756. The lowest BCUT2D eigenvalue weighted by molar-refractivity contribution is 0.00578. The smallest absolute Gasteiger partial charge is 0.399 e. The van der Waals surface area contributed by atoms with Gasteiger partial charge in [-0.1, -0.05) is 36.4 Å². The lowest BCUT2D eigenvalue weighted by Gasteiger charge is -2.32. The standard InChI is InChI=1S/C21H28BNO4S/c1-20(2)21(3,4)27-22(26-20)19-15-18(28(24,25)23-5)14-13-17(19)12-11-16-9-7-6-8-10-16/h6-10,13-15,23H,11-12H2,1-5H3. The zero-order valence-corrected chi connectivity index (χ0v) is 18.0. The van der Waals surface area contributed by atoms with Crippen LogP contribution in [0.5, 0.6) is 0 Å². The van der Waals surface area contributed by atoms with Crippen molar-refractivity contribution in [3.05, 3.63) is 59.7 Å². The third-order valence-corrected chi connectivity index (χ3v) is 7.14. The Kier molecular flexibility index (Phi) is 5.74. The van der Waals surface area contributed by atoms with Crippen LogP contribution >= 0.6 is 0 Å². The molecule has 0 radical (unpaired) electrons. The monoisotopic (exact) mass is 401 g/mol. The van der Waals surface area contributed by atoms with Crippen LogP contribution in [0.2, 0.25) is 0 Å². The first kappa shape index (κ1) is 21.1. The summed E-state index contributed by atoms with van der Waals surface area (Å²) in [6.45, 7) is 7.96. The van der Waals surface area contributed by atoms with Gasteiger partial charge in [0.1, 0.15) is 0 Å². The maximum Gasteiger partial charge on any atom is 0.495 e. The number of rotatable bonds is 6. The molecule has 7 heteroatoms. The van der Waals surface area contributed by atoms with Crippen molar-refractivity contribution in [3.8, 4) is 0 Å². The Balaban J connectivity index is 1.97. The third kappa shape index (κ3) is 4.18. The second-order valence-corrected chi connectivity index (χ2v) is 10.0. The maximum atomic E-state index is 12.3. The van der Waals surface area contributed by atoms with E-state index in [-0.39, 0.29) is 4.90 Å². The zero-order chi connectivity index (χ0) is 20.6. The molecular weight excluding hydrogens is 373 g/mol. The second kappa shape index (κ2) is 7.63. The van der Waals surface area contributed by atoms with Gasteiger partial charge in [0.25, 0.3) is 0 Å². The Labute approximate surface area is 168 Å². The van der Waals surface area contributed by atoms with E-state index >= 15 is 0 Å². The molecule has 0 spiro atoms. The van der Waals surface area contributed by atoms with Gasteiger partial charge < -0.3 is 9.31 Å². The molecule has 2 aromatic rings. The first-order chi connectivity index (χ1) is 13.1.